The van der Waals surface area contributed by atoms with Crippen LogP contribution in [0.5, 0.6) is 0 Å². The van der Waals surface area contributed by atoms with Crippen molar-refractivity contribution < 1.29 is 9.53 Å². The van der Waals surface area contributed by atoms with Gasteiger partial charge in [-0.25, -0.2) is 0 Å². The van der Waals surface area contributed by atoms with Crippen LogP contribution >= 0.6 is 0 Å². The molecule has 0 saturated carbocycles. The SMILES string of the molecule is COCC(C)(C)NCC(=O)Nc1ccccc1C. The number of ether oxygens (including phenoxy) is 1. The largest absolute Gasteiger partial charge is 0.383 e. The quantitative estimate of drug-likeness (QED) is 0.811. The standard InChI is InChI=1S/C14H22N2O2/c1-11-7-5-6-8-12(11)16-13(17)9-15-14(2,3)10-18-4/h5-8,15H,9-10H2,1-4H3,(H,16,17). The summed E-state index contributed by atoms with van der Waals surface area (Å²) in [5.74, 6) is -0.0477. The topological polar surface area (TPSA) is 50.4 Å². The molecule has 0 saturated heterocycles. The monoisotopic (exact) mass is 250 g/mol. The predicted octanol–water partition coefficient (Wildman–Crippen LogP) is 1.95. The fourth-order valence-electron chi connectivity index (χ4n) is 1.64. The highest BCUT2D eigenvalue weighted by molar-refractivity contribution is 5.92. The molecular weight excluding hydrogens is 228 g/mol. The number of rotatable bonds is 6. The van der Waals surface area contributed by atoms with E-state index in [-0.39, 0.29) is 18.0 Å². The maximum absolute atomic E-state index is 11.8. The number of hydrogen-bond donors (Lipinski definition) is 2. The molecule has 2 N–H and O–H groups in total. The molecule has 18 heavy (non-hydrogen) atoms. The zero-order valence-corrected chi connectivity index (χ0v) is 11.5. The number of carbonyl (C=O) groups excluding carboxylic acids is 1. The second kappa shape index (κ2) is 6.52. The number of methoxy groups -OCH3 is 1. The molecule has 0 heterocycles. The van der Waals surface area contributed by atoms with Crippen LogP contribution in [0.25, 0.3) is 0 Å². The average Bonchev–Trinajstić information content (AvgIpc) is 2.30. The van der Waals surface area contributed by atoms with E-state index < -0.39 is 0 Å². The van der Waals surface area contributed by atoms with E-state index in [9.17, 15) is 4.79 Å². The molecule has 0 spiro atoms. The number of carbonyl (C=O) groups is 1. The molecule has 0 unspecified atom stereocenters. The molecule has 1 aromatic rings. The third-order valence-electron chi connectivity index (χ3n) is 2.65. The Bertz CT molecular complexity index is 403. The van der Waals surface area contributed by atoms with Crippen molar-refractivity contribution in [3.8, 4) is 0 Å². The number of para-hydroxylation sites is 1. The van der Waals surface area contributed by atoms with Crippen LogP contribution in [0.2, 0.25) is 0 Å². The highest BCUT2D eigenvalue weighted by atomic mass is 16.5. The normalized spacial score (nSPS) is 11.3. The number of hydrogen-bond acceptors (Lipinski definition) is 3. The molecule has 1 amide bonds. The second-order valence-corrected chi connectivity index (χ2v) is 5.03. The third kappa shape index (κ3) is 4.85. The van der Waals surface area contributed by atoms with Crippen molar-refractivity contribution in [3.05, 3.63) is 29.8 Å². The first-order chi connectivity index (χ1) is 8.44. The summed E-state index contributed by atoms with van der Waals surface area (Å²) < 4.78 is 5.08. The molecule has 0 bridgehead atoms. The van der Waals surface area contributed by atoms with Crippen LogP contribution in [0.4, 0.5) is 5.69 Å². The second-order valence-electron chi connectivity index (χ2n) is 5.03. The Labute approximate surface area is 109 Å². The minimum atomic E-state index is -0.210. The first-order valence-corrected chi connectivity index (χ1v) is 6.04. The van der Waals surface area contributed by atoms with Crippen molar-refractivity contribution in [1.29, 1.82) is 0 Å². The van der Waals surface area contributed by atoms with Crippen LogP contribution in [-0.4, -0.2) is 31.7 Å². The van der Waals surface area contributed by atoms with Crippen molar-refractivity contribution in [3.63, 3.8) is 0 Å². The van der Waals surface area contributed by atoms with E-state index in [2.05, 4.69) is 10.6 Å². The molecular formula is C14H22N2O2. The Morgan fingerprint density at radius 1 is 1.33 bits per heavy atom. The minimum Gasteiger partial charge on any atom is -0.383 e. The van der Waals surface area contributed by atoms with E-state index in [1.54, 1.807) is 7.11 Å². The van der Waals surface area contributed by atoms with Gasteiger partial charge in [-0.15, -0.1) is 0 Å². The summed E-state index contributed by atoms with van der Waals surface area (Å²) >= 11 is 0. The van der Waals surface area contributed by atoms with Gasteiger partial charge < -0.3 is 15.4 Å². The van der Waals surface area contributed by atoms with Crippen molar-refractivity contribution in [1.82, 2.24) is 5.32 Å². The van der Waals surface area contributed by atoms with E-state index in [0.717, 1.165) is 11.3 Å². The number of nitrogens with one attached hydrogen (secondary N) is 2. The van der Waals surface area contributed by atoms with Gasteiger partial charge in [0, 0.05) is 18.3 Å². The molecule has 4 heteroatoms. The Morgan fingerprint density at radius 3 is 2.61 bits per heavy atom. The Balaban J connectivity index is 2.46. The lowest BCUT2D eigenvalue weighted by Gasteiger charge is -2.25. The van der Waals surface area contributed by atoms with E-state index in [1.807, 2.05) is 45.0 Å². The number of anilines is 1. The van der Waals surface area contributed by atoms with Crippen molar-refractivity contribution in [2.24, 2.45) is 0 Å². The van der Waals surface area contributed by atoms with Crippen LogP contribution in [0, 0.1) is 6.92 Å². The molecule has 0 aliphatic carbocycles. The highest BCUT2D eigenvalue weighted by Gasteiger charge is 2.17. The van der Waals surface area contributed by atoms with Crippen LogP contribution in [0.1, 0.15) is 19.4 Å². The van der Waals surface area contributed by atoms with Crippen molar-refractivity contribution in [2.45, 2.75) is 26.3 Å². The minimum absolute atomic E-state index is 0.0477. The number of benzene rings is 1. The Kier molecular flexibility index (Phi) is 5.31. The molecule has 1 rings (SSSR count). The van der Waals surface area contributed by atoms with Crippen molar-refractivity contribution in [2.75, 3.05) is 25.6 Å². The van der Waals surface area contributed by atoms with Gasteiger partial charge in [-0.05, 0) is 32.4 Å². The average molecular weight is 250 g/mol. The fourth-order valence-corrected chi connectivity index (χ4v) is 1.64. The fraction of sp³-hybridized carbons (Fsp3) is 0.500. The van der Waals surface area contributed by atoms with Crippen LogP contribution < -0.4 is 10.6 Å². The van der Waals surface area contributed by atoms with Gasteiger partial charge in [-0.1, -0.05) is 18.2 Å². The molecule has 0 fully saturated rings. The first-order valence-electron chi connectivity index (χ1n) is 6.04. The molecule has 4 nitrogen and oxygen atoms in total. The van der Waals surface area contributed by atoms with Crippen LogP contribution in [-0.2, 0) is 9.53 Å². The molecule has 0 aromatic heterocycles. The zero-order valence-electron chi connectivity index (χ0n) is 11.5. The molecule has 100 valence electrons. The first kappa shape index (κ1) is 14.7. The molecule has 0 aliphatic rings. The molecule has 1 aromatic carbocycles. The summed E-state index contributed by atoms with van der Waals surface area (Å²) in [4.78, 5) is 11.8. The van der Waals surface area contributed by atoms with E-state index in [4.69, 9.17) is 4.74 Å². The lowest BCUT2D eigenvalue weighted by Crippen LogP contribution is -2.46. The highest BCUT2D eigenvalue weighted by Crippen LogP contribution is 2.12. The summed E-state index contributed by atoms with van der Waals surface area (Å²) in [5.41, 5.74) is 1.70. The lowest BCUT2D eigenvalue weighted by atomic mass is 10.1. The number of amides is 1. The predicted molar refractivity (Wildman–Crippen MR) is 73.8 cm³/mol. The Morgan fingerprint density at radius 2 is 2.00 bits per heavy atom. The summed E-state index contributed by atoms with van der Waals surface area (Å²) in [6, 6.07) is 7.72. The maximum Gasteiger partial charge on any atom is 0.238 e. The van der Waals surface area contributed by atoms with Gasteiger partial charge in [0.25, 0.3) is 0 Å². The van der Waals surface area contributed by atoms with E-state index >= 15 is 0 Å². The van der Waals surface area contributed by atoms with Gasteiger partial charge in [-0.2, -0.15) is 0 Å². The summed E-state index contributed by atoms with van der Waals surface area (Å²) in [6.45, 7) is 6.79. The van der Waals surface area contributed by atoms with Gasteiger partial charge in [0.05, 0.1) is 13.2 Å². The van der Waals surface area contributed by atoms with Gasteiger partial charge in [0.1, 0.15) is 0 Å². The third-order valence-corrected chi connectivity index (χ3v) is 2.65. The van der Waals surface area contributed by atoms with Gasteiger partial charge in [-0.3, -0.25) is 4.79 Å². The lowest BCUT2D eigenvalue weighted by molar-refractivity contribution is -0.115. The smallest absolute Gasteiger partial charge is 0.238 e. The van der Waals surface area contributed by atoms with E-state index in [0.29, 0.717) is 6.61 Å². The van der Waals surface area contributed by atoms with E-state index in [1.165, 1.54) is 0 Å². The zero-order chi connectivity index (χ0) is 13.6. The van der Waals surface area contributed by atoms with Crippen molar-refractivity contribution >= 4 is 11.6 Å². The molecule has 0 atom stereocenters. The van der Waals surface area contributed by atoms with Gasteiger partial charge in [0.2, 0.25) is 5.91 Å². The molecule has 0 aliphatic heterocycles. The van der Waals surface area contributed by atoms with Crippen LogP contribution in [0.3, 0.4) is 0 Å². The summed E-state index contributed by atoms with van der Waals surface area (Å²) in [7, 11) is 1.65. The van der Waals surface area contributed by atoms with Gasteiger partial charge >= 0.3 is 0 Å². The van der Waals surface area contributed by atoms with Gasteiger partial charge in [0.15, 0.2) is 0 Å². The molecule has 0 radical (unpaired) electrons. The Hall–Kier alpha value is -1.39. The number of aryl methyl sites for hydroxylation is 1. The summed E-state index contributed by atoms with van der Waals surface area (Å²) in [5, 5.41) is 6.04. The summed E-state index contributed by atoms with van der Waals surface area (Å²) in [6.07, 6.45) is 0. The van der Waals surface area contributed by atoms with Crippen LogP contribution in [0.15, 0.2) is 24.3 Å². The maximum atomic E-state index is 11.8.